The van der Waals surface area contributed by atoms with E-state index in [1.807, 2.05) is 38.5 Å². The predicted molar refractivity (Wildman–Crippen MR) is 99.6 cm³/mol. The second kappa shape index (κ2) is 7.25. The van der Waals surface area contributed by atoms with Crippen molar-refractivity contribution < 1.29 is 4.52 Å². The Hall–Kier alpha value is -2.73. The minimum Gasteiger partial charge on any atom is -0.361 e. The van der Waals surface area contributed by atoms with Crippen LogP contribution < -0.4 is 4.90 Å². The lowest BCUT2D eigenvalue weighted by atomic mass is 10.1. The number of fused-ring (bicyclic) bond motifs is 1. The zero-order valence-electron chi connectivity index (χ0n) is 15.2. The molecule has 0 atom stereocenters. The van der Waals surface area contributed by atoms with E-state index in [0.717, 1.165) is 50.0 Å². The van der Waals surface area contributed by atoms with E-state index in [-0.39, 0.29) is 0 Å². The highest BCUT2D eigenvalue weighted by atomic mass is 16.5. The molecule has 4 rings (SSSR count). The summed E-state index contributed by atoms with van der Waals surface area (Å²) >= 11 is 0. The van der Waals surface area contributed by atoms with Crippen molar-refractivity contribution in [2.75, 3.05) is 18.0 Å². The van der Waals surface area contributed by atoms with Crippen LogP contribution in [-0.2, 0) is 19.6 Å². The van der Waals surface area contributed by atoms with Gasteiger partial charge < -0.3 is 9.42 Å². The standard InChI is InChI=1S/C20H23N5O/c1-15-19(16(2)26-23-15)14-24-10-11-25(12-17-5-8-21-9-6-17)20-18(13-24)4-3-7-22-20/h3-9H,10-14H2,1-2H3. The lowest BCUT2D eigenvalue weighted by Crippen LogP contribution is -2.31. The van der Waals surface area contributed by atoms with Gasteiger partial charge in [-0.15, -0.1) is 0 Å². The molecule has 134 valence electrons. The van der Waals surface area contributed by atoms with E-state index in [2.05, 4.69) is 43.1 Å². The fourth-order valence-corrected chi connectivity index (χ4v) is 3.48. The fraction of sp³-hybridized carbons (Fsp3) is 0.350. The molecule has 0 spiro atoms. The third kappa shape index (κ3) is 3.46. The average Bonchev–Trinajstić information content (AvgIpc) is 2.88. The van der Waals surface area contributed by atoms with Gasteiger partial charge in [-0.1, -0.05) is 11.2 Å². The number of aromatic nitrogens is 3. The van der Waals surface area contributed by atoms with E-state index in [1.54, 1.807) is 0 Å². The quantitative estimate of drug-likeness (QED) is 0.721. The third-order valence-corrected chi connectivity index (χ3v) is 4.93. The molecule has 6 heteroatoms. The van der Waals surface area contributed by atoms with Gasteiger partial charge in [0, 0.05) is 62.4 Å². The Bertz CT molecular complexity index is 857. The van der Waals surface area contributed by atoms with Crippen molar-refractivity contribution in [2.24, 2.45) is 0 Å². The van der Waals surface area contributed by atoms with Gasteiger partial charge in [-0.3, -0.25) is 9.88 Å². The summed E-state index contributed by atoms with van der Waals surface area (Å²) in [5, 5.41) is 4.09. The molecule has 0 fully saturated rings. The minimum absolute atomic E-state index is 0.839. The van der Waals surface area contributed by atoms with Crippen LogP contribution in [0.5, 0.6) is 0 Å². The Morgan fingerprint density at radius 3 is 2.65 bits per heavy atom. The zero-order valence-corrected chi connectivity index (χ0v) is 15.2. The smallest absolute Gasteiger partial charge is 0.138 e. The molecule has 0 unspecified atom stereocenters. The fourth-order valence-electron chi connectivity index (χ4n) is 3.48. The molecule has 3 aromatic rings. The van der Waals surface area contributed by atoms with Crippen LogP contribution in [0, 0.1) is 13.8 Å². The molecule has 6 nitrogen and oxygen atoms in total. The minimum atomic E-state index is 0.839. The molecule has 3 aromatic heterocycles. The van der Waals surface area contributed by atoms with Gasteiger partial charge in [-0.2, -0.15) is 0 Å². The maximum Gasteiger partial charge on any atom is 0.138 e. The van der Waals surface area contributed by atoms with E-state index in [9.17, 15) is 0 Å². The summed E-state index contributed by atoms with van der Waals surface area (Å²) in [7, 11) is 0. The van der Waals surface area contributed by atoms with Gasteiger partial charge in [0.25, 0.3) is 0 Å². The molecule has 0 saturated carbocycles. The normalized spacial score (nSPS) is 14.9. The molecule has 4 heterocycles. The molecule has 0 bridgehead atoms. The monoisotopic (exact) mass is 349 g/mol. The van der Waals surface area contributed by atoms with Gasteiger partial charge >= 0.3 is 0 Å². The molecular weight excluding hydrogens is 326 g/mol. The van der Waals surface area contributed by atoms with E-state index in [1.165, 1.54) is 16.7 Å². The molecule has 0 radical (unpaired) electrons. The number of aryl methyl sites for hydroxylation is 2. The van der Waals surface area contributed by atoms with Gasteiger partial charge in [0.1, 0.15) is 11.6 Å². The van der Waals surface area contributed by atoms with Gasteiger partial charge in [-0.05, 0) is 37.6 Å². The summed E-state index contributed by atoms with van der Waals surface area (Å²) in [5.41, 5.74) is 4.67. The second-order valence-corrected chi connectivity index (χ2v) is 6.78. The Morgan fingerprint density at radius 1 is 1.04 bits per heavy atom. The summed E-state index contributed by atoms with van der Waals surface area (Å²) in [5.74, 6) is 1.98. The topological polar surface area (TPSA) is 58.3 Å². The molecule has 0 saturated heterocycles. The van der Waals surface area contributed by atoms with E-state index in [4.69, 9.17) is 4.52 Å². The van der Waals surface area contributed by atoms with Crippen molar-refractivity contribution in [1.82, 2.24) is 20.0 Å². The highest BCUT2D eigenvalue weighted by Crippen LogP contribution is 2.26. The first-order valence-electron chi connectivity index (χ1n) is 8.92. The van der Waals surface area contributed by atoms with Gasteiger partial charge in [0.2, 0.25) is 0 Å². The van der Waals surface area contributed by atoms with Gasteiger partial charge in [0.05, 0.1) is 5.69 Å². The first kappa shape index (κ1) is 16.7. The van der Waals surface area contributed by atoms with Crippen LogP contribution in [0.15, 0.2) is 47.4 Å². The van der Waals surface area contributed by atoms with Crippen molar-refractivity contribution in [3.05, 3.63) is 71.0 Å². The SMILES string of the molecule is Cc1noc(C)c1CN1CCN(Cc2ccncc2)c2ncccc2C1. The second-order valence-electron chi connectivity index (χ2n) is 6.78. The largest absolute Gasteiger partial charge is 0.361 e. The number of rotatable bonds is 4. The Morgan fingerprint density at radius 2 is 1.88 bits per heavy atom. The van der Waals surface area contributed by atoms with Crippen molar-refractivity contribution in [3.63, 3.8) is 0 Å². The predicted octanol–water partition coefficient (Wildman–Crippen LogP) is 3.10. The van der Waals surface area contributed by atoms with Crippen LogP contribution in [0.4, 0.5) is 5.82 Å². The maximum atomic E-state index is 5.33. The first-order valence-corrected chi connectivity index (χ1v) is 8.92. The first-order chi connectivity index (χ1) is 12.7. The van der Waals surface area contributed by atoms with Crippen LogP contribution >= 0.6 is 0 Å². The van der Waals surface area contributed by atoms with Crippen LogP contribution in [0.3, 0.4) is 0 Å². The summed E-state index contributed by atoms with van der Waals surface area (Å²) in [6.07, 6.45) is 5.56. The lowest BCUT2D eigenvalue weighted by molar-refractivity contribution is 0.266. The number of pyridine rings is 2. The van der Waals surface area contributed by atoms with E-state index < -0.39 is 0 Å². The zero-order chi connectivity index (χ0) is 17.9. The lowest BCUT2D eigenvalue weighted by Gasteiger charge is -2.24. The molecule has 0 N–H and O–H groups in total. The van der Waals surface area contributed by atoms with E-state index >= 15 is 0 Å². The maximum absolute atomic E-state index is 5.33. The molecule has 26 heavy (non-hydrogen) atoms. The van der Waals surface area contributed by atoms with E-state index in [0.29, 0.717) is 0 Å². The van der Waals surface area contributed by atoms with Crippen molar-refractivity contribution in [1.29, 1.82) is 0 Å². The van der Waals surface area contributed by atoms with Crippen molar-refractivity contribution >= 4 is 5.82 Å². The molecule has 0 aromatic carbocycles. The highest BCUT2D eigenvalue weighted by molar-refractivity contribution is 5.48. The van der Waals surface area contributed by atoms with Crippen molar-refractivity contribution in [3.8, 4) is 0 Å². The van der Waals surface area contributed by atoms with Crippen LogP contribution in [-0.4, -0.2) is 33.1 Å². The Labute approximate surface area is 153 Å². The Balaban J connectivity index is 1.57. The van der Waals surface area contributed by atoms with Gasteiger partial charge in [-0.25, -0.2) is 4.98 Å². The molecular formula is C20H23N5O. The number of hydrogen-bond acceptors (Lipinski definition) is 6. The number of anilines is 1. The average molecular weight is 349 g/mol. The molecule has 0 amide bonds. The summed E-state index contributed by atoms with van der Waals surface area (Å²) in [6.45, 7) is 8.44. The summed E-state index contributed by atoms with van der Waals surface area (Å²) in [6, 6.07) is 8.32. The molecule has 1 aliphatic rings. The third-order valence-electron chi connectivity index (χ3n) is 4.93. The van der Waals surface area contributed by atoms with Crippen LogP contribution in [0.25, 0.3) is 0 Å². The van der Waals surface area contributed by atoms with Crippen LogP contribution in [0.1, 0.15) is 28.1 Å². The number of hydrogen-bond donors (Lipinski definition) is 0. The van der Waals surface area contributed by atoms with Crippen LogP contribution in [0.2, 0.25) is 0 Å². The molecule has 0 aliphatic carbocycles. The summed E-state index contributed by atoms with van der Waals surface area (Å²) in [4.78, 5) is 13.6. The highest BCUT2D eigenvalue weighted by Gasteiger charge is 2.22. The van der Waals surface area contributed by atoms with Gasteiger partial charge in [0.15, 0.2) is 0 Å². The molecule has 1 aliphatic heterocycles. The summed E-state index contributed by atoms with van der Waals surface area (Å²) < 4.78 is 5.33. The number of nitrogens with zero attached hydrogens (tertiary/aromatic N) is 5. The Kier molecular flexibility index (Phi) is 4.67. The van der Waals surface area contributed by atoms with Crippen molar-refractivity contribution in [2.45, 2.75) is 33.5 Å².